The molecule has 0 saturated heterocycles. The monoisotopic (exact) mass is 230 g/mol. The highest BCUT2D eigenvalue weighted by Crippen LogP contribution is 1.97. The van der Waals surface area contributed by atoms with Crippen LogP contribution in [-0.2, 0) is 19.9 Å². The Labute approximate surface area is 102 Å². The molecule has 0 aliphatic rings. The van der Waals surface area contributed by atoms with E-state index in [-0.39, 0.29) is 0 Å². The van der Waals surface area contributed by atoms with E-state index in [2.05, 4.69) is 27.7 Å². The summed E-state index contributed by atoms with van der Waals surface area (Å²) in [5, 5.41) is 7.57. The molecular formula is C13H18N4. The standard InChI is InChI=1S/C13H18N4/c1-17-11-13(10-16-17)5-8-14-7-4-12-3-2-6-15-9-12/h2-3,6,9-11,14H,4-5,7-8H2,1H3. The molecule has 0 aliphatic heterocycles. The lowest BCUT2D eigenvalue weighted by Crippen LogP contribution is -2.20. The van der Waals surface area contributed by atoms with Crippen LogP contribution in [0, 0.1) is 0 Å². The topological polar surface area (TPSA) is 42.7 Å². The summed E-state index contributed by atoms with van der Waals surface area (Å²) in [6.07, 6.45) is 9.76. The van der Waals surface area contributed by atoms with Gasteiger partial charge in [-0.3, -0.25) is 9.67 Å². The Morgan fingerprint density at radius 2 is 2.00 bits per heavy atom. The van der Waals surface area contributed by atoms with E-state index in [0.717, 1.165) is 25.9 Å². The van der Waals surface area contributed by atoms with Gasteiger partial charge in [-0.1, -0.05) is 6.07 Å². The van der Waals surface area contributed by atoms with Crippen molar-refractivity contribution < 1.29 is 0 Å². The molecular weight excluding hydrogens is 212 g/mol. The molecule has 2 aromatic heterocycles. The summed E-state index contributed by atoms with van der Waals surface area (Å²) in [6.45, 7) is 1.98. The molecule has 2 aromatic rings. The van der Waals surface area contributed by atoms with Gasteiger partial charge in [0.1, 0.15) is 0 Å². The van der Waals surface area contributed by atoms with Crippen LogP contribution >= 0.6 is 0 Å². The molecule has 0 unspecified atom stereocenters. The normalized spacial score (nSPS) is 10.6. The molecule has 0 atom stereocenters. The van der Waals surface area contributed by atoms with E-state index in [4.69, 9.17) is 0 Å². The van der Waals surface area contributed by atoms with E-state index in [9.17, 15) is 0 Å². The van der Waals surface area contributed by atoms with Crippen molar-refractivity contribution in [2.75, 3.05) is 13.1 Å². The number of hydrogen-bond acceptors (Lipinski definition) is 3. The van der Waals surface area contributed by atoms with Gasteiger partial charge < -0.3 is 5.32 Å². The molecule has 90 valence electrons. The van der Waals surface area contributed by atoms with Crippen molar-refractivity contribution in [3.05, 3.63) is 48.0 Å². The maximum absolute atomic E-state index is 4.14. The van der Waals surface area contributed by atoms with Crippen molar-refractivity contribution in [3.8, 4) is 0 Å². The Morgan fingerprint density at radius 3 is 2.65 bits per heavy atom. The van der Waals surface area contributed by atoms with E-state index >= 15 is 0 Å². The predicted molar refractivity (Wildman–Crippen MR) is 67.7 cm³/mol. The minimum absolute atomic E-state index is 0.992. The zero-order valence-electron chi connectivity index (χ0n) is 10.1. The van der Waals surface area contributed by atoms with Gasteiger partial charge in [-0.05, 0) is 43.1 Å². The van der Waals surface area contributed by atoms with Gasteiger partial charge in [0.15, 0.2) is 0 Å². The second-order valence-electron chi connectivity index (χ2n) is 4.13. The van der Waals surface area contributed by atoms with Crippen molar-refractivity contribution in [2.45, 2.75) is 12.8 Å². The predicted octanol–water partition coefficient (Wildman–Crippen LogP) is 1.19. The highest BCUT2D eigenvalue weighted by Gasteiger charge is 1.96. The summed E-state index contributed by atoms with van der Waals surface area (Å²) >= 11 is 0. The van der Waals surface area contributed by atoms with Gasteiger partial charge in [-0.15, -0.1) is 0 Å². The van der Waals surface area contributed by atoms with Crippen LogP contribution in [0.5, 0.6) is 0 Å². The van der Waals surface area contributed by atoms with E-state index < -0.39 is 0 Å². The Morgan fingerprint density at radius 1 is 1.18 bits per heavy atom. The van der Waals surface area contributed by atoms with Crippen molar-refractivity contribution >= 4 is 0 Å². The third kappa shape index (κ3) is 4.00. The number of pyridine rings is 1. The van der Waals surface area contributed by atoms with Gasteiger partial charge in [-0.25, -0.2) is 0 Å². The summed E-state index contributed by atoms with van der Waals surface area (Å²) in [4.78, 5) is 4.10. The van der Waals surface area contributed by atoms with Crippen LogP contribution in [0.2, 0.25) is 0 Å². The van der Waals surface area contributed by atoms with Crippen LogP contribution in [-0.4, -0.2) is 27.9 Å². The fourth-order valence-electron chi connectivity index (χ4n) is 1.74. The zero-order valence-corrected chi connectivity index (χ0v) is 10.1. The van der Waals surface area contributed by atoms with Gasteiger partial charge in [0.2, 0.25) is 0 Å². The van der Waals surface area contributed by atoms with Crippen LogP contribution in [0.4, 0.5) is 0 Å². The minimum atomic E-state index is 0.992. The quantitative estimate of drug-likeness (QED) is 0.758. The Kier molecular flexibility index (Phi) is 4.27. The molecule has 0 bridgehead atoms. The SMILES string of the molecule is Cn1cc(CCNCCc2cccnc2)cn1. The first-order valence-electron chi connectivity index (χ1n) is 5.92. The summed E-state index contributed by atoms with van der Waals surface area (Å²) in [7, 11) is 1.94. The van der Waals surface area contributed by atoms with E-state index in [1.807, 2.05) is 30.2 Å². The van der Waals surface area contributed by atoms with Crippen LogP contribution in [0.3, 0.4) is 0 Å². The molecule has 2 rings (SSSR count). The largest absolute Gasteiger partial charge is 0.316 e. The lowest BCUT2D eigenvalue weighted by Gasteiger charge is -2.03. The lowest BCUT2D eigenvalue weighted by atomic mass is 10.2. The fourth-order valence-corrected chi connectivity index (χ4v) is 1.74. The molecule has 4 heteroatoms. The van der Waals surface area contributed by atoms with Crippen LogP contribution in [0.15, 0.2) is 36.9 Å². The maximum atomic E-state index is 4.14. The van der Waals surface area contributed by atoms with Gasteiger partial charge in [0.05, 0.1) is 6.20 Å². The number of nitrogens with one attached hydrogen (secondary N) is 1. The molecule has 1 N–H and O–H groups in total. The molecule has 0 radical (unpaired) electrons. The summed E-state index contributed by atoms with van der Waals surface area (Å²) in [5.41, 5.74) is 2.56. The molecule has 0 saturated carbocycles. The van der Waals surface area contributed by atoms with Crippen molar-refractivity contribution in [2.24, 2.45) is 7.05 Å². The fraction of sp³-hybridized carbons (Fsp3) is 0.385. The second-order valence-corrected chi connectivity index (χ2v) is 4.13. The van der Waals surface area contributed by atoms with Crippen LogP contribution in [0.25, 0.3) is 0 Å². The Bertz CT molecular complexity index is 436. The van der Waals surface area contributed by atoms with Gasteiger partial charge in [0, 0.05) is 25.6 Å². The van der Waals surface area contributed by atoms with E-state index in [0.29, 0.717) is 0 Å². The van der Waals surface area contributed by atoms with Crippen LogP contribution < -0.4 is 5.32 Å². The summed E-state index contributed by atoms with van der Waals surface area (Å²) in [5.74, 6) is 0. The number of aryl methyl sites for hydroxylation is 1. The van der Waals surface area contributed by atoms with Gasteiger partial charge >= 0.3 is 0 Å². The first-order chi connectivity index (χ1) is 8.34. The highest BCUT2D eigenvalue weighted by molar-refractivity contribution is 5.08. The number of hydrogen-bond donors (Lipinski definition) is 1. The van der Waals surface area contributed by atoms with Crippen molar-refractivity contribution in [3.63, 3.8) is 0 Å². The molecule has 0 fully saturated rings. The third-order valence-corrected chi connectivity index (χ3v) is 2.66. The maximum Gasteiger partial charge on any atom is 0.0522 e. The number of rotatable bonds is 6. The van der Waals surface area contributed by atoms with Crippen LogP contribution in [0.1, 0.15) is 11.1 Å². The first-order valence-corrected chi connectivity index (χ1v) is 5.92. The smallest absolute Gasteiger partial charge is 0.0522 e. The minimum Gasteiger partial charge on any atom is -0.316 e. The van der Waals surface area contributed by atoms with Gasteiger partial charge in [0.25, 0.3) is 0 Å². The summed E-state index contributed by atoms with van der Waals surface area (Å²) < 4.78 is 1.84. The molecule has 0 spiro atoms. The molecule has 4 nitrogen and oxygen atoms in total. The zero-order chi connectivity index (χ0) is 11.9. The Balaban J connectivity index is 1.61. The number of aromatic nitrogens is 3. The molecule has 0 aliphatic carbocycles. The third-order valence-electron chi connectivity index (χ3n) is 2.66. The second kappa shape index (κ2) is 6.15. The van der Waals surface area contributed by atoms with Crippen molar-refractivity contribution in [1.29, 1.82) is 0 Å². The first kappa shape index (κ1) is 11.8. The molecule has 17 heavy (non-hydrogen) atoms. The summed E-state index contributed by atoms with van der Waals surface area (Å²) in [6, 6.07) is 4.08. The van der Waals surface area contributed by atoms with Crippen molar-refractivity contribution in [1.82, 2.24) is 20.1 Å². The van der Waals surface area contributed by atoms with E-state index in [1.54, 1.807) is 6.20 Å². The number of nitrogens with zero attached hydrogens (tertiary/aromatic N) is 3. The molecule has 2 heterocycles. The lowest BCUT2D eigenvalue weighted by molar-refractivity contribution is 0.680. The average molecular weight is 230 g/mol. The van der Waals surface area contributed by atoms with E-state index in [1.165, 1.54) is 11.1 Å². The Hall–Kier alpha value is -1.68. The molecule has 0 aromatic carbocycles. The highest BCUT2D eigenvalue weighted by atomic mass is 15.2. The van der Waals surface area contributed by atoms with Gasteiger partial charge in [-0.2, -0.15) is 5.10 Å². The molecule has 0 amide bonds. The average Bonchev–Trinajstić information content (AvgIpc) is 2.76.